The Bertz CT molecular complexity index is 675. The summed E-state index contributed by atoms with van der Waals surface area (Å²) in [6.07, 6.45) is 0. The maximum absolute atomic E-state index is 12.0. The van der Waals surface area contributed by atoms with Gasteiger partial charge in [-0.1, -0.05) is 29.3 Å². The van der Waals surface area contributed by atoms with E-state index in [-0.39, 0.29) is 11.3 Å². The summed E-state index contributed by atoms with van der Waals surface area (Å²) < 4.78 is 0. The SMILES string of the molecule is Cc1cc(C)cc(C(=O)NNC(=O)c2ccccc2O)c1. The highest BCUT2D eigenvalue weighted by Gasteiger charge is 2.12. The minimum atomic E-state index is -0.578. The normalized spacial score (nSPS) is 10.0. The van der Waals surface area contributed by atoms with E-state index < -0.39 is 11.8 Å². The first kappa shape index (κ1) is 14.6. The third-order valence-electron chi connectivity index (χ3n) is 2.92. The minimum Gasteiger partial charge on any atom is -0.507 e. The van der Waals surface area contributed by atoms with Gasteiger partial charge in [-0.25, -0.2) is 0 Å². The van der Waals surface area contributed by atoms with Crippen molar-refractivity contribution in [2.45, 2.75) is 13.8 Å². The summed E-state index contributed by atoms with van der Waals surface area (Å²) in [4.78, 5) is 23.8. The van der Waals surface area contributed by atoms with Gasteiger partial charge in [-0.2, -0.15) is 0 Å². The smallest absolute Gasteiger partial charge is 0.273 e. The molecule has 108 valence electrons. The van der Waals surface area contributed by atoms with Gasteiger partial charge in [0.1, 0.15) is 5.75 Å². The molecule has 0 aliphatic carbocycles. The Hall–Kier alpha value is -2.82. The molecule has 0 atom stereocenters. The average molecular weight is 284 g/mol. The molecule has 0 aliphatic rings. The van der Waals surface area contributed by atoms with Crippen molar-refractivity contribution in [1.29, 1.82) is 0 Å². The molecule has 5 heteroatoms. The maximum atomic E-state index is 12.0. The van der Waals surface area contributed by atoms with Gasteiger partial charge in [0.05, 0.1) is 5.56 Å². The molecule has 0 radical (unpaired) electrons. The first-order valence-corrected chi connectivity index (χ1v) is 6.44. The van der Waals surface area contributed by atoms with Crippen LogP contribution < -0.4 is 10.9 Å². The number of carbonyl (C=O) groups is 2. The molecule has 0 bridgehead atoms. The summed E-state index contributed by atoms with van der Waals surface area (Å²) in [5, 5.41) is 9.56. The molecule has 0 unspecified atom stereocenters. The number of phenolic OH excluding ortho intramolecular Hbond substituents is 1. The number of para-hydroxylation sites is 1. The number of hydrazine groups is 1. The Labute approximate surface area is 122 Å². The number of phenols is 1. The third-order valence-corrected chi connectivity index (χ3v) is 2.92. The lowest BCUT2D eigenvalue weighted by molar-refractivity contribution is 0.0845. The third kappa shape index (κ3) is 3.60. The van der Waals surface area contributed by atoms with Crippen LogP contribution in [0.25, 0.3) is 0 Å². The van der Waals surface area contributed by atoms with E-state index in [2.05, 4.69) is 10.9 Å². The number of nitrogens with one attached hydrogen (secondary N) is 2. The topological polar surface area (TPSA) is 78.4 Å². The molecule has 0 saturated carbocycles. The van der Waals surface area contributed by atoms with Crippen LogP contribution in [0.1, 0.15) is 31.8 Å². The van der Waals surface area contributed by atoms with E-state index in [1.54, 1.807) is 24.3 Å². The number of carbonyl (C=O) groups excluding carboxylic acids is 2. The van der Waals surface area contributed by atoms with Crippen molar-refractivity contribution in [2.24, 2.45) is 0 Å². The highest BCUT2D eigenvalue weighted by Crippen LogP contribution is 2.14. The Morgan fingerprint density at radius 2 is 1.48 bits per heavy atom. The number of aryl methyl sites for hydroxylation is 2. The summed E-state index contributed by atoms with van der Waals surface area (Å²) >= 11 is 0. The van der Waals surface area contributed by atoms with Crippen molar-refractivity contribution in [2.75, 3.05) is 0 Å². The number of hydrogen-bond donors (Lipinski definition) is 3. The number of hydrogen-bond acceptors (Lipinski definition) is 3. The number of amides is 2. The fraction of sp³-hybridized carbons (Fsp3) is 0.125. The second-order valence-electron chi connectivity index (χ2n) is 4.80. The summed E-state index contributed by atoms with van der Waals surface area (Å²) in [7, 11) is 0. The van der Waals surface area contributed by atoms with Crippen LogP contribution in [-0.2, 0) is 0 Å². The van der Waals surface area contributed by atoms with Crippen LogP contribution in [0.3, 0.4) is 0 Å². The molecule has 21 heavy (non-hydrogen) atoms. The lowest BCUT2D eigenvalue weighted by Crippen LogP contribution is -2.41. The van der Waals surface area contributed by atoms with E-state index in [1.807, 2.05) is 19.9 Å². The van der Waals surface area contributed by atoms with Gasteiger partial charge in [-0.3, -0.25) is 20.4 Å². The van der Waals surface area contributed by atoms with Crippen molar-refractivity contribution >= 4 is 11.8 Å². The van der Waals surface area contributed by atoms with Crippen LogP contribution in [0, 0.1) is 13.8 Å². The molecule has 5 nitrogen and oxygen atoms in total. The van der Waals surface area contributed by atoms with Gasteiger partial charge in [0, 0.05) is 5.56 Å². The molecule has 0 saturated heterocycles. The van der Waals surface area contributed by atoms with Gasteiger partial charge in [-0.15, -0.1) is 0 Å². The van der Waals surface area contributed by atoms with Crippen LogP contribution >= 0.6 is 0 Å². The van der Waals surface area contributed by atoms with Gasteiger partial charge in [0.15, 0.2) is 0 Å². The molecule has 3 N–H and O–H groups in total. The molecule has 2 amide bonds. The fourth-order valence-electron chi connectivity index (χ4n) is 2.02. The van der Waals surface area contributed by atoms with Crippen molar-refractivity contribution in [1.82, 2.24) is 10.9 Å². The van der Waals surface area contributed by atoms with E-state index in [4.69, 9.17) is 0 Å². The number of rotatable bonds is 2. The number of benzene rings is 2. The summed E-state index contributed by atoms with van der Waals surface area (Å²) in [5.74, 6) is -1.13. The second-order valence-corrected chi connectivity index (χ2v) is 4.80. The van der Waals surface area contributed by atoms with Crippen molar-refractivity contribution in [3.8, 4) is 5.75 Å². The van der Waals surface area contributed by atoms with Crippen molar-refractivity contribution in [3.63, 3.8) is 0 Å². The zero-order valence-electron chi connectivity index (χ0n) is 11.8. The van der Waals surface area contributed by atoms with E-state index in [1.165, 1.54) is 12.1 Å². The standard InChI is InChI=1S/C16H16N2O3/c1-10-7-11(2)9-12(8-10)15(20)17-18-16(21)13-5-3-4-6-14(13)19/h3-9,19H,1-2H3,(H,17,20)(H,18,21). The molecular weight excluding hydrogens is 268 g/mol. The molecular formula is C16H16N2O3. The Kier molecular flexibility index (Phi) is 4.23. The second kappa shape index (κ2) is 6.09. The Morgan fingerprint density at radius 1 is 0.905 bits per heavy atom. The largest absolute Gasteiger partial charge is 0.507 e. The van der Waals surface area contributed by atoms with Gasteiger partial charge >= 0.3 is 0 Å². The zero-order valence-corrected chi connectivity index (χ0v) is 11.8. The minimum absolute atomic E-state index is 0.0956. The van der Waals surface area contributed by atoms with Gasteiger partial charge in [0.25, 0.3) is 11.8 Å². The predicted octanol–water partition coefficient (Wildman–Crippen LogP) is 2.08. The van der Waals surface area contributed by atoms with Gasteiger partial charge in [-0.05, 0) is 38.1 Å². The molecule has 0 aliphatic heterocycles. The summed E-state index contributed by atoms with van der Waals surface area (Å²) in [5.41, 5.74) is 7.10. The molecule has 0 heterocycles. The van der Waals surface area contributed by atoms with Gasteiger partial charge in [0.2, 0.25) is 0 Å². The molecule has 2 aromatic carbocycles. The Morgan fingerprint density at radius 3 is 2.10 bits per heavy atom. The number of aromatic hydroxyl groups is 1. The average Bonchev–Trinajstić information content (AvgIpc) is 2.43. The molecule has 0 aromatic heterocycles. The molecule has 0 spiro atoms. The van der Waals surface area contributed by atoms with Crippen LogP contribution in [0.15, 0.2) is 42.5 Å². The monoisotopic (exact) mass is 284 g/mol. The molecule has 2 aromatic rings. The molecule has 2 rings (SSSR count). The molecule has 0 fully saturated rings. The summed E-state index contributed by atoms with van der Waals surface area (Å²) in [6.45, 7) is 3.79. The van der Waals surface area contributed by atoms with Crippen LogP contribution in [0.2, 0.25) is 0 Å². The fourth-order valence-corrected chi connectivity index (χ4v) is 2.02. The first-order chi connectivity index (χ1) is 9.97. The van der Waals surface area contributed by atoms with E-state index in [0.717, 1.165) is 11.1 Å². The van der Waals surface area contributed by atoms with Crippen LogP contribution in [-0.4, -0.2) is 16.9 Å². The Balaban J connectivity index is 2.04. The highest BCUT2D eigenvalue weighted by atomic mass is 16.3. The zero-order chi connectivity index (χ0) is 15.4. The van der Waals surface area contributed by atoms with Gasteiger partial charge < -0.3 is 5.11 Å². The quantitative estimate of drug-likeness (QED) is 0.739. The van der Waals surface area contributed by atoms with E-state index in [9.17, 15) is 14.7 Å². The van der Waals surface area contributed by atoms with E-state index in [0.29, 0.717) is 5.56 Å². The van der Waals surface area contributed by atoms with Crippen molar-refractivity contribution in [3.05, 3.63) is 64.7 Å². The lowest BCUT2D eigenvalue weighted by atomic mass is 10.1. The summed E-state index contributed by atoms with van der Waals surface area (Å²) in [6, 6.07) is 11.5. The van der Waals surface area contributed by atoms with E-state index >= 15 is 0 Å². The van der Waals surface area contributed by atoms with Crippen molar-refractivity contribution < 1.29 is 14.7 Å². The van der Waals surface area contributed by atoms with Crippen LogP contribution in [0.5, 0.6) is 5.75 Å². The maximum Gasteiger partial charge on any atom is 0.273 e. The highest BCUT2D eigenvalue weighted by molar-refractivity contribution is 6.00. The predicted molar refractivity (Wildman–Crippen MR) is 79.0 cm³/mol. The first-order valence-electron chi connectivity index (χ1n) is 6.44. The lowest BCUT2D eigenvalue weighted by Gasteiger charge is -2.09. The van der Waals surface area contributed by atoms with Crippen LogP contribution in [0.4, 0.5) is 0 Å².